The van der Waals surface area contributed by atoms with E-state index in [4.69, 9.17) is 4.42 Å². The van der Waals surface area contributed by atoms with Crippen LogP contribution in [0.2, 0.25) is 0 Å². The first kappa shape index (κ1) is 20.4. The minimum absolute atomic E-state index is 0.00183. The van der Waals surface area contributed by atoms with Gasteiger partial charge in [0.05, 0.1) is 25.0 Å². The van der Waals surface area contributed by atoms with Crippen LogP contribution in [0.4, 0.5) is 0 Å². The first-order chi connectivity index (χ1) is 15.8. The maximum Gasteiger partial charge on any atom is 0.259 e. The molecule has 2 aromatic carbocycles. The quantitative estimate of drug-likeness (QED) is 0.526. The molecule has 1 aliphatic heterocycles. The van der Waals surface area contributed by atoms with Crippen LogP contribution < -0.4 is 0 Å². The van der Waals surface area contributed by atoms with Crippen molar-refractivity contribution in [3.63, 3.8) is 0 Å². The van der Waals surface area contributed by atoms with E-state index in [2.05, 4.69) is 34.1 Å². The number of aromatic nitrogens is 1. The lowest BCUT2D eigenvalue weighted by atomic mass is 9.94. The maximum absolute atomic E-state index is 13.3. The predicted octanol–water partition coefficient (Wildman–Crippen LogP) is 3.74. The van der Waals surface area contributed by atoms with E-state index in [1.165, 1.54) is 11.1 Å². The lowest BCUT2D eigenvalue weighted by Gasteiger charge is -2.45. The molecule has 1 atom stereocenters. The summed E-state index contributed by atoms with van der Waals surface area (Å²) in [6.07, 6.45) is 4.82. The fraction of sp³-hybridized carbons (Fsp3) is 0.231. The van der Waals surface area contributed by atoms with Gasteiger partial charge in [0.15, 0.2) is 0 Å². The second-order valence-corrected chi connectivity index (χ2v) is 8.08. The first-order valence-electron chi connectivity index (χ1n) is 10.8. The van der Waals surface area contributed by atoms with Gasteiger partial charge in [-0.1, -0.05) is 60.7 Å². The van der Waals surface area contributed by atoms with Crippen molar-refractivity contribution in [3.8, 4) is 0 Å². The molecule has 0 radical (unpaired) electrons. The van der Waals surface area contributed by atoms with Crippen LogP contribution in [-0.2, 0) is 0 Å². The number of carbonyl (C=O) groups excluding carboxylic acids is 1. The highest BCUT2D eigenvalue weighted by Gasteiger charge is 2.35. The van der Waals surface area contributed by atoms with Crippen molar-refractivity contribution in [2.75, 3.05) is 26.2 Å². The predicted molar refractivity (Wildman–Crippen MR) is 122 cm³/mol. The summed E-state index contributed by atoms with van der Waals surface area (Å²) >= 11 is 0. The van der Waals surface area contributed by atoms with Crippen molar-refractivity contribution >= 4 is 16.9 Å². The Hall–Kier alpha value is -3.48. The smallest absolute Gasteiger partial charge is 0.259 e. The van der Waals surface area contributed by atoms with E-state index in [-0.39, 0.29) is 24.6 Å². The molecule has 6 nitrogen and oxygen atoms in total. The summed E-state index contributed by atoms with van der Waals surface area (Å²) in [4.78, 5) is 21.6. The van der Waals surface area contributed by atoms with Crippen molar-refractivity contribution in [2.45, 2.75) is 12.1 Å². The number of piperazine rings is 1. The Morgan fingerprint density at radius 1 is 1.00 bits per heavy atom. The number of amides is 1. The monoisotopic (exact) mass is 427 g/mol. The molecule has 2 aromatic heterocycles. The van der Waals surface area contributed by atoms with Gasteiger partial charge in [-0.25, -0.2) is 0 Å². The number of nitrogens with zero attached hydrogens (tertiary/aromatic N) is 3. The van der Waals surface area contributed by atoms with E-state index in [9.17, 15) is 9.90 Å². The highest BCUT2D eigenvalue weighted by Crippen LogP contribution is 2.32. The molecule has 1 fully saturated rings. The molecule has 1 aliphatic rings. The number of rotatable bonds is 5. The second kappa shape index (κ2) is 8.94. The van der Waals surface area contributed by atoms with Crippen LogP contribution >= 0.6 is 0 Å². The van der Waals surface area contributed by atoms with Gasteiger partial charge in [-0.15, -0.1) is 0 Å². The fourth-order valence-electron chi connectivity index (χ4n) is 4.62. The number of hydrogen-bond acceptors (Lipinski definition) is 5. The Bertz CT molecular complexity index is 1150. The fourth-order valence-corrected chi connectivity index (χ4v) is 4.62. The third-order valence-electron chi connectivity index (χ3n) is 6.18. The minimum Gasteiger partial charge on any atom is -0.463 e. The summed E-state index contributed by atoms with van der Waals surface area (Å²) in [7, 11) is 0. The van der Waals surface area contributed by atoms with Gasteiger partial charge in [0, 0.05) is 37.4 Å². The summed E-state index contributed by atoms with van der Waals surface area (Å²) in [5.74, 6) is -0.118. The Morgan fingerprint density at radius 3 is 2.34 bits per heavy atom. The molecular formula is C26H25N3O3. The molecule has 4 aromatic rings. The lowest BCUT2D eigenvalue weighted by molar-refractivity contribution is 0.0196. The highest BCUT2D eigenvalue weighted by atomic mass is 16.3. The van der Waals surface area contributed by atoms with Crippen LogP contribution in [0.25, 0.3) is 11.0 Å². The van der Waals surface area contributed by atoms with Crippen molar-refractivity contribution in [2.24, 2.45) is 0 Å². The van der Waals surface area contributed by atoms with E-state index in [0.29, 0.717) is 30.8 Å². The van der Waals surface area contributed by atoms with Crippen LogP contribution in [0, 0.1) is 0 Å². The molecule has 0 spiro atoms. The SMILES string of the molecule is O=C(c1cncc2ccoc12)N1CCN(C(c2ccccc2)c2ccccc2)[C@H](CO)C1. The zero-order valence-corrected chi connectivity index (χ0v) is 17.7. The zero-order chi connectivity index (χ0) is 21.9. The standard InChI is InChI=1S/C26H25N3O3/c30-18-22-17-28(26(31)23-16-27-15-21-11-14-32-25(21)23)12-13-29(22)24(19-7-3-1-4-8-19)20-9-5-2-6-10-20/h1-11,14-16,22,24,30H,12-13,17-18H2/t22-/m0/s1. The number of aliphatic hydroxyl groups excluding tert-OH is 1. The molecule has 0 bridgehead atoms. The zero-order valence-electron chi connectivity index (χ0n) is 17.7. The van der Waals surface area contributed by atoms with Gasteiger partial charge in [0.2, 0.25) is 0 Å². The maximum atomic E-state index is 13.3. The van der Waals surface area contributed by atoms with Crippen molar-refractivity contribution in [1.82, 2.24) is 14.8 Å². The van der Waals surface area contributed by atoms with Gasteiger partial charge in [-0.2, -0.15) is 0 Å². The van der Waals surface area contributed by atoms with Crippen LogP contribution in [0.15, 0.2) is 89.8 Å². The molecule has 5 rings (SSSR count). The molecule has 1 amide bonds. The molecule has 0 saturated carbocycles. The normalized spacial score (nSPS) is 17.2. The van der Waals surface area contributed by atoms with E-state index in [0.717, 1.165) is 5.39 Å². The third kappa shape index (κ3) is 3.79. The van der Waals surface area contributed by atoms with Crippen LogP contribution in [0.1, 0.15) is 27.5 Å². The lowest BCUT2D eigenvalue weighted by Crippen LogP contribution is -2.57. The van der Waals surface area contributed by atoms with E-state index < -0.39 is 0 Å². The summed E-state index contributed by atoms with van der Waals surface area (Å²) in [6, 6.07) is 22.3. The second-order valence-electron chi connectivity index (χ2n) is 8.08. The molecule has 0 unspecified atom stereocenters. The summed E-state index contributed by atoms with van der Waals surface area (Å²) in [5.41, 5.74) is 3.35. The molecular weight excluding hydrogens is 402 g/mol. The Balaban J connectivity index is 1.43. The van der Waals surface area contributed by atoms with Crippen molar-refractivity contribution < 1.29 is 14.3 Å². The molecule has 1 saturated heterocycles. The average Bonchev–Trinajstić information content (AvgIpc) is 3.34. The summed E-state index contributed by atoms with van der Waals surface area (Å²) < 4.78 is 5.54. The van der Waals surface area contributed by atoms with Crippen LogP contribution in [0.5, 0.6) is 0 Å². The average molecular weight is 428 g/mol. The summed E-state index contributed by atoms with van der Waals surface area (Å²) in [6.45, 7) is 1.60. The molecule has 0 aliphatic carbocycles. The van der Waals surface area contributed by atoms with Crippen LogP contribution in [-0.4, -0.2) is 58.1 Å². The Kier molecular flexibility index (Phi) is 5.71. The van der Waals surface area contributed by atoms with Gasteiger partial charge in [0.25, 0.3) is 5.91 Å². The topological polar surface area (TPSA) is 69.8 Å². The van der Waals surface area contributed by atoms with Crippen molar-refractivity contribution in [3.05, 3.63) is 102 Å². The minimum atomic E-state index is -0.193. The van der Waals surface area contributed by atoms with Gasteiger partial charge in [-0.3, -0.25) is 14.7 Å². The first-order valence-corrected chi connectivity index (χ1v) is 10.8. The molecule has 32 heavy (non-hydrogen) atoms. The molecule has 1 N–H and O–H groups in total. The van der Waals surface area contributed by atoms with E-state index in [1.807, 2.05) is 36.4 Å². The van der Waals surface area contributed by atoms with E-state index >= 15 is 0 Å². The number of fused-ring (bicyclic) bond motifs is 1. The third-order valence-corrected chi connectivity index (χ3v) is 6.18. The molecule has 3 heterocycles. The van der Waals surface area contributed by atoms with Gasteiger partial charge >= 0.3 is 0 Å². The number of furan rings is 1. The van der Waals surface area contributed by atoms with Crippen LogP contribution in [0.3, 0.4) is 0 Å². The highest BCUT2D eigenvalue weighted by molar-refractivity contribution is 6.04. The molecule has 162 valence electrons. The molecule has 6 heteroatoms. The number of hydrogen-bond donors (Lipinski definition) is 1. The Morgan fingerprint density at radius 2 is 1.69 bits per heavy atom. The Labute approximate surface area is 186 Å². The van der Waals surface area contributed by atoms with Crippen molar-refractivity contribution in [1.29, 1.82) is 0 Å². The van der Waals surface area contributed by atoms with Gasteiger partial charge in [0.1, 0.15) is 11.1 Å². The van der Waals surface area contributed by atoms with Gasteiger partial charge in [-0.05, 0) is 17.2 Å². The number of pyridine rings is 1. The van der Waals surface area contributed by atoms with Gasteiger partial charge < -0.3 is 14.4 Å². The summed E-state index contributed by atoms with van der Waals surface area (Å²) in [5, 5.41) is 11.1. The number of benzene rings is 2. The number of aliphatic hydroxyl groups is 1. The number of carbonyl (C=O) groups is 1. The largest absolute Gasteiger partial charge is 0.463 e. The van der Waals surface area contributed by atoms with E-state index in [1.54, 1.807) is 29.6 Å².